The SMILES string of the molecule is CC(=O)Nc1ccccc1CS(=O)(=O)N1CCC(N(C(N)=O)C2CCCCCC2)CC1. The fraction of sp³-hybridized carbons (Fsp3) is 0.636. The Morgan fingerprint density at radius 3 is 2.19 bits per heavy atom. The molecule has 1 aromatic rings. The van der Waals surface area contributed by atoms with Crippen LogP contribution in [0.1, 0.15) is 63.9 Å². The number of sulfonamides is 1. The van der Waals surface area contributed by atoms with E-state index in [1.807, 2.05) is 4.90 Å². The number of benzene rings is 1. The Balaban J connectivity index is 1.65. The third-order valence-corrected chi connectivity index (χ3v) is 8.18. The molecule has 0 bridgehead atoms. The number of piperidine rings is 1. The molecule has 3 N–H and O–H groups in total. The summed E-state index contributed by atoms with van der Waals surface area (Å²) in [5.41, 5.74) is 6.83. The molecule has 172 valence electrons. The molecule has 1 aromatic carbocycles. The van der Waals surface area contributed by atoms with E-state index in [4.69, 9.17) is 5.73 Å². The molecular weight excluding hydrogens is 416 g/mol. The van der Waals surface area contributed by atoms with E-state index in [1.54, 1.807) is 24.3 Å². The third-order valence-electron chi connectivity index (χ3n) is 6.35. The number of nitrogens with zero attached hydrogens (tertiary/aromatic N) is 2. The van der Waals surface area contributed by atoms with E-state index in [0.717, 1.165) is 25.7 Å². The van der Waals surface area contributed by atoms with Gasteiger partial charge in [-0.15, -0.1) is 0 Å². The number of amides is 3. The van der Waals surface area contributed by atoms with Gasteiger partial charge in [0.25, 0.3) is 0 Å². The van der Waals surface area contributed by atoms with Gasteiger partial charge in [0.15, 0.2) is 0 Å². The highest BCUT2D eigenvalue weighted by Gasteiger charge is 2.35. The van der Waals surface area contributed by atoms with Gasteiger partial charge in [-0.3, -0.25) is 4.79 Å². The van der Waals surface area contributed by atoms with Crippen LogP contribution in [-0.4, -0.2) is 54.7 Å². The second-order valence-corrected chi connectivity index (χ2v) is 10.6. The second-order valence-electron chi connectivity index (χ2n) is 8.62. The van der Waals surface area contributed by atoms with Crippen molar-refractivity contribution >= 4 is 27.6 Å². The number of carbonyl (C=O) groups excluding carboxylic acids is 2. The van der Waals surface area contributed by atoms with Crippen molar-refractivity contribution < 1.29 is 18.0 Å². The molecule has 1 heterocycles. The molecule has 1 aliphatic heterocycles. The van der Waals surface area contributed by atoms with Gasteiger partial charge in [-0.1, -0.05) is 43.9 Å². The number of hydrogen-bond donors (Lipinski definition) is 2. The Labute approximate surface area is 185 Å². The molecule has 0 aromatic heterocycles. The molecule has 9 heteroatoms. The summed E-state index contributed by atoms with van der Waals surface area (Å²) in [5.74, 6) is -0.410. The highest BCUT2D eigenvalue weighted by Crippen LogP contribution is 2.29. The van der Waals surface area contributed by atoms with Crippen molar-refractivity contribution in [3.8, 4) is 0 Å². The molecule has 2 aliphatic rings. The number of carbonyl (C=O) groups is 2. The monoisotopic (exact) mass is 450 g/mol. The molecule has 0 spiro atoms. The van der Waals surface area contributed by atoms with Crippen LogP contribution in [-0.2, 0) is 20.6 Å². The average molecular weight is 451 g/mol. The number of urea groups is 1. The van der Waals surface area contributed by atoms with E-state index in [1.165, 1.54) is 24.1 Å². The molecule has 3 amide bonds. The number of nitrogens with two attached hydrogens (primary N) is 1. The van der Waals surface area contributed by atoms with Crippen LogP contribution in [0.5, 0.6) is 0 Å². The van der Waals surface area contributed by atoms with Crippen molar-refractivity contribution in [3.63, 3.8) is 0 Å². The molecule has 0 atom stereocenters. The molecule has 31 heavy (non-hydrogen) atoms. The average Bonchev–Trinajstić information content (AvgIpc) is 2.98. The zero-order chi connectivity index (χ0) is 22.4. The summed E-state index contributed by atoms with van der Waals surface area (Å²) in [5, 5.41) is 2.69. The molecular formula is C22H34N4O4S. The van der Waals surface area contributed by atoms with Crippen molar-refractivity contribution in [2.45, 2.75) is 76.1 Å². The topological polar surface area (TPSA) is 113 Å². The second kappa shape index (κ2) is 10.5. The zero-order valence-corrected chi connectivity index (χ0v) is 19.1. The quantitative estimate of drug-likeness (QED) is 0.649. The molecule has 2 fully saturated rings. The maximum Gasteiger partial charge on any atom is 0.315 e. The van der Waals surface area contributed by atoms with E-state index in [0.29, 0.717) is 37.2 Å². The number of primary amides is 1. The van der Waals surface area contributed by atoms with Crippen molar-refractivity contribution in [1.82, 2.24) is 9.21 Å². The molecule has 1 saturated carbocycles. The summed E-state index contributed by atoms with van der Waals surface area (Å²) in [6.07, 6.45) is 7.73. The lowest BCUT2D eigenvalue weighted by atomic mass is 9.99. The summed E-state index contributed by atoms with van der Waals surface area (Å²) in [6, 6.07) is 6.71. The Kier molecular flexibility index (Phi) is 7.94. The van der Waals surface area contributed by atoms with Crippen LogP contribution in [0.25, 0.3) is 0 Å². The van der Waals surface area contributed by atoms with Crippen molar-refractivity contribution in [1.29, 1.82) is 0 Å². The minimum atomic E-state index is -3.55. The van der Waals surface area contributed by atoms with Crippen LogP contribution in [0.15, 0.2) is 24.3 Å². The van der Waals surface area contributed by atoms with Gasteiger partial charge in [-0.2, -0.15) is 0 Å². The molecule has 3 rings (SSSR count). The van der Waals surface area contributed by atoms with Crippen LogP contribution in [0.4, 0.5) is 10.5 Å². The number of rotatable bonds is 6. The summed E-state index contributed by atoms with van der Waals surface area (Å²) in [7, 11) is -3.55. The van der Waals surface area contributed by atoms with Gasteiger partial charge in [0.05, 0.1) is 5.75 Å². The minimum absolute atomic E-state index is 0.0151. The van der Waals surface area contributed by atoms with Gasteiger partial charge in [-0.05, 0) is 37.3 Å². The van der Waals surface area contributed by atoms with Gasteiger partial charge in [-0.25, -0.2) is 17.5 Å². The molecule has 1 saturated heterocycles. The first-order chi connectivity index (χ1) is 14.8. The molecule has 0 radical (unpaired) electrons. The first-order valence-electron chi connectivity index (χ1n) is 11.2. The van der Waals surface area contributed by atoms with E-state index >= 15 is 0 Å². The van der Waals surface area contributed by atoms with Gasteiger partial charge in [0.2, 0.25) is 15.9 Å². The Hall–Kier alpha value is -2.13. The summed E-state index contributed by atoms with van der Waals surface area (Å²) in [4.78, 5) is 25.5. The van der Waals surface area contributed by atoms with E-state index in [2.05, 4.69) is 5.32 Å². The largest absolute Gasteiger partial charge is 0.351 e. The first-order valence-corrected chi connectivity index (χ1v) is 12.8. The normalized spacial score (nSPS) is 19.5. The van der Waals surface area contributed by atoms with Gasteiger partial charge >= 0.3 is 6.03 Å². The minimum Gasteiger partial charge on any atom is -0.351 e. The van der Waals surface area contributed by atoms with Gasteiger partial charge < -0.3 is 16.0 Å². The van der Waals surface area contributed by atoms with Crippen molar-refractivity contribution in [2.24, 2.45) is 5.73 Å². The predicted molar refractivity (Wildman–Crippen MR) is 121 cm³/mol. The summed E-state index contributed by atoms with van der Waals surface area (Å²) in [6.45, 7) is 2.13. The molecule has 0 unspecified atom stereocenters. The van der Waals surface area contributed by atoms with E-state index in [9.17, 15) is 18.0 Å². The number of para-hydroxylation sites is 1. The lowest BCUT2D eigenvalue weighted by Crippen LogP contribution is -2.54. The Morgan fingerprint density at radius 1 is 1.03 bits per heavy atom. The maximum atomic E-state index is 13.1. The van der Waals surface area contributed by atoms with Crippen LogP contribution in [0.2, 0.25) is 0 Å². The molecule has 1 aliphatic carbocycles. The number of anilines is 1. The lowest BCUT2D eigenvalue weighted by Gasteiger charge is -2.41. The zero-order valence-electron chi connectivity index (χ0n) is 18.3. The summed E-state index contributed by atoms with van der Waals surface area (Å²) >= 11 is 0. The lowest BCUT2D eigenvalue weighted by molar-refractivity contribution is -0.114. The maximum absolute atomic E-state index is 13.1. The highest BCUT2D eigenvalue weighted by atomic mass is 32.2. The third kappa shape index (κ3) is 6.20. The fourth-order valence-corrected chi connectivity index (χ4v) is 6.43. The first kappa shape index (κ1) is 23.5. The van der Waals surface area contributed by atoms with Gasteiger partial charge in [0, 0.05) is 37.8 Å². The number of nitrogens with one attached hydrogen (secondary N) is 1. The smallest absolute Gasteiger partial charge is 0.315 e. The fourth-order valence-electron chi connectivity index (χ4n) is 4.84. The van der Waals surface area contributed by atoms with E-state index < -0.39 is 16.1 Å². The van der Waals surface area contributed by atoms with E-state index in [-0.39, 0.29) is 23.7 Å². The van der Waals surface area contributed by atoms with Crippen LogP contribution in [0.3, 0.4) is 0 Å². The van der Waals surface area contributed by atoms with Crippen LogP contribution in [0, 0.1) is 0 Å². The highest BCUT2D eigenvalue weighted by molar-refractivity contribution is 7.88. The van der Waals surface area contributed by atoms with Crippen molar-refractivity contribution in [3.05, 3.63) is 29.8 Å². The van der Waals surface area contributed by atoms with Crippen molar-refractivity contribution in [2.75, 3.05) is 18.4 Å². The molecule has 8 nitrogen and oxygen atoms in total. The standard InChI is InChI=1S/C22H34N4O4S/c1-17(27)24-21-11-7-6-8-18(21)16-31(29,30)25-14-12-20(13-15-25)26(22(23)28)19-9-4-2-3-5-10-19/h6-8,11,19-20H,2-5,9-10,12-16H2,1H3,(H2,23,28)(H,24,27). The predicted octanol–water partition coefficient (Wildman–Crippen LogP) is 3.04. The van der Waals surface area contributed by atoms with Gasteiger partial charge in [0.1, 0.15) is 0 Å². The number of hydrogen-bond acceptors (Lipinski definition) is 4. The Morgan fingerprint density at radius 2 is 1.61 bits per heavy atom. The van der Waals surface area contributed by atoms with Crippen LogP contribution >= 0.6 is 0 Å². The Bertz CT molecular complexity index is 873. The summed E-state index contributed by atoms with van der Waals surface area (Å²) < 4.78 is 27.6. The van der Waals surface area contributed by atoms with Crippen LogP contribution < -0.4 is 11.1 Å².